The van der Waals surface area contributed by atoms with Gasteiger partial charge in [-0.3, -0.25) is 0 Å². The second-order valence-electron chi connectivity index (χ2n) is 7.39. The summed E-state index contributed by atoms with van der Waals surface area (Å²) in [4.78, 5) is 0. The zero-order chi connectivity index (χ0) is 16.6. The molecule has 24 heavy (non-hydrogen) atoms. The van der Waals surface area contributed by atoms with Gasteiger partial charge < -0.3 is 4.42 Å². The van der Waals surface area contributed by atoms with E-state index in [0.717, 1.165) is 18.6 Å². The molecule has 3 rings (SSSR count). The first kappa shape index (κ1) is 17.8. The third kappa shape index (κ3) is 4.73. The minimum atomic E-state index is 0.385. The van der Waals surface area contributed by atoms with E-state index in [2.05, 4.69) is 22.7 Å². The van der Waals surface area contributed by atoms with E-state index >= 15 is 0 Å². The number of nitrogens with zero attached hydrogens (tertiary/aromatic N) is 2. The largest absolute Gasteiger partial charge is 0.468 e. The van der Waals surface area contributed by atoms with Crippen LogP contribution in [0.2, 0.25) is 0 Å². The van der Waals surface area contributed by atoms with Crippen LogP contribution in [0.1, 0.15) is 88.9 Å². The molecule has 1 aromatic rings. The van der Waals surface area contributed by atoms with Crippen LogP contribution in [0, 0.1) is 0 Å². The van der Waals surface area contributed by atoms with Gasteiger partial charge in [-0.2, -0.15) is 0 Å². The highest BCUT2D eigenvalue weighted by Gasteiger charge is 2.49. The summed E-state index contributed by atoms with van der Waals surface area (Å²) in [6.07, 6.45) is 20.6. The fourth-order valence-electron chi connectivity index (χ4n) is 4.20. The number of rotatable bonds is 5. The van der Waals surface area contributed by atoms with Gasteiger partial charge in [0, 0.05) is 6.54 Å². The number of fused-ring (bicyclic) bond motifs is 1. The maximum atomic E-state index is 5.77. The number of hydrazine groups is 1. The van der Waals surface area contributed by atoms with E-state index in [1.165, 1.54) is 70.8 Å². The van der Waals surface area contributed by atoms with Gasteiger partial charge in [0.25, 0.3) is 0 Å². The molecular formula is C21H34N2O. The highest BCUT2D eigenvalue weighted by Crippen LogP contribution is 2.42. The molecule has 0 spiro atoms. The van der Waals surface area contributed by atoms with Crippen LogP contribution in [0.15, 0.2) is 35.5 Å². The SMILES string of the molecule is C=CCCC(c1ccco1)N1C2CCCCCCCCCCCN21. The minimum Gasteiger partial charge on any atom is -0.468 e. The lowest BCUT2D eigenvalue weighted by Crippen LogP contribution is -2.15. The summed E-state index contributed by atoms with van der Waals surface area (Å²) in [6.45, 7) is 5.12. The highest BCUT2D eigenvalue weighted by molar-refractivity contribution is 5.08. The Balaban J connectivity index is 1.63. The van der Waals surface area contributed by atoms with Crippen LogP contribution in [0.25, 0.3) is 0 Å². The maximum Gasteiger partial charge on any atom is 0.122 e. The fourth-order valence-corrected chi connectivity index (χ4v) is 4.20. The van der Waals surface area contributed by atoms with E-state index in [1.54, 1.807) is 0 Å². The molecule has 0 bridgehead atoms. The summed E-state index contributed by atoms with van der Waals surface area (Å²) >= 11 is 0. The number of allylic oxidation sites excluding steroid dienone is 1. The molecule has 2 saturated heterocycles. The van der Waals surface area contributed by atoms with Crippen molar-refractivity contribution in [2.75, 3.05) is 6.54 Å². The monoisotopic (exact) mass is 330 g/mol. The molecule has 2 fully saturated rings. The second kappa shape index (κ2) is 9.43. The van der Waals surface area contributed by atoms with E-state index in [0.29, 0.717) is 12.2 Å². The summed E-state index contributed by atoms with van der Waals surface area (Å²) in [5.41, 5.74) is 0. The van der Waals surface area contributed by atoms with E-state index in [1.807, 2.05) is 18.4 Å². The number of hydrogen-bond acceptors (Lipinski definition) is 3. The van der Waals surface area contributed by atoms with Gasteiger partial charge in [-0.1, -0.05) is 57.4 Å². The van der Waals surface area contributed by atoms with Gasteiger partial charge in [0.2, 0.25) is 0 Å². The summed E-state index contributed by atoms with van der Waals surface area (Å²) in [5, 5.41) is 5.22. The molecule has 0 saturated carbocycles. The lowest BCUT2D eigenvalue weighted by Gasteiger charge is -2.16. The van der Waals surface area contributed by atoms with Gasteiger partial charge in [-0.05, 0) is 37.8 Å². The summed E-state index contributed by atoms with van der Waals surface area (Å²) in [7, 11) is 0. The molecule has 2 aliphatic heterocycles. The molecule has 0 amide bonds. The first-order valence-electron chi connectivity index (χ1n) is 10.1. The smallest absolute Gasteiger partial charge is 0.122 e. The molecule has 3 nitrogen and oxygen atoms in total. The first-order valence-corrected chi connectivity index (χ1v) is 10.1. The Hall–Kier alpha value is -1.06. The Kier molecular flexibility index (Phi) is 6.98. The van der Waals surface area contributed by atoms with Crippen LogP contribution in [0.3, 0.4) is 0 Å². The predicted octanol–water partition coefficient (Wildman–Crippen LogP) is 6.06. The Morgan fingerprint density at radius 1 is 1.08 bits per heavy atom. The van der Waals surface area contributed by atoms with Crippen LogP contribution in [0.4, 0.5) is 0 Å². The van der Waals surface area contributed by atoms with Crippen molar-refractivity contribution in [2.24, 2.45) is 0 Å². The van der Waals surface area contributed by atoms with E-state index in [-0.39, 0.29) is 0 Å². The molecule has 0 aliphatic carbocycles. The van der Waals surface area contributed by atoms with E-state index < -0.39 is 0 Å². The van der Waals surface area contributed by atoms with Crippen molar-refractivity contribution in [3.63, 3.8) is 0 Å². The van der Waals surface area contributed by atoms with Crippen LogP contribution < -0.4 is 0 Å². The van der Waals surface area contributed by atoms with Gasteiger partial charge in [0.1, 0.15) is 5.76 Å². The molecule has 134 valence electrons. The lowest BCUT2D eigenvalue weighted by molar-refractivity contribution is 0.202. The summed E-state index contributed by atoms with van der Waals surface area (Å²) in [6, 6.07) is 4.54. The number of furan rings is 1. The minimum absolute atomic E-state index is 0.385. The summed E-state index contributed by atoms with van der Waals surface area (Å²) in [5.74, 6) is 1.12. The Morgan fingerprint density at radius 2 is 1.79 bits per heavy atom. The van der Waals surface area contributed by atoms with Gasteiger partial charge in [0.15, 0.2) is 0 Å². The molecule has 1 aromatic heterocycles. The average molecular weight is 331 g/mol. The van der Waals surface area contributed by atoms with Crippen molar-refractivity contribution in [3.8, 4) is 0 Å². The van der Waals surface area contributed by atoms with Gasteiger partial charge in [0.05, 0.1) is 18.5 Å². The second-order valence-corrected chi connectivity index (χ2v) is 7.39. The molecule has 4 unspecified atom stereocenters. The average Bonchev–Trinajstić information content (AvgIpc) is 3.01. The molecule has 3 heterocycles. The molecule has 3 heteroatoms. The molecule has 0 aromatic carbocycles. The van der Waals surface area contributed by atoms with Gasteiger partial charge >= 0.3 is 0 Å². The Labute approximate surface area is 147 Å². The van der Waals surface area contributed by atoms with Crippen molar-refractivity contribution in [1.29, 1.82) is 0 Å². The van der Waals surface area contributed by atoms with Crippen molar-refractivity contribution in [3.05, 3.63) is 36.8 Å². The third-order valence-electron chi connectivity index (χ3n) is 5.58. The Bertz CT molecular complexity index is 452. The Morgan fingerprint density at radius 3 is 2.46 bits per heavy atom. The van der Waals surface area contributed by atoms with Crippen LogP contribution in [-0.2, 0) is 0 Å². The zero-order valence-electron chi connectivity index (χ0n) is 15.2. The zero-order valence-corrected chi connectivity index (χ0v) is 15.2. The fraction of sp³-hybridized carbons (Fsp3) is 0.714. The first-order chi connectivity index (χ1) is 11.9. The lowest BCUT2D eigenvalue weighted by atomic mass is 10.1. The van der Waals surface area contributed by atoms with Gasteiger partial charge in [-0.15, -0.1) is 6.58 Å². The molecule has 0 radical (unpaired) electrons. The van der Waals surface area contributed by atoms with Gasteiger partial charge in [-0.25, -0.2) is 10.0 Å². The quantitative estimate of drug-likeness (QED) is 0.483. The molecular weight excluding hydrogens is 296 g/mol. The van der Waals surface area contributed by atoms with Crippen molar-refractivity contribution in [1.82, 2.24) is 10.0 Å². The molecule has 2 aliphatic rings. The third-order valence-corrected chi connectivity index (χ3v) is 5.58. The van der Waals surface area contributed by atoms with Crippen molar-refractivity contribution >= 4 is 0 Å². The summed E-state index contributed by atoms with van der Waals surface area (Å²) < 4.78 is 5.77. The highest BCUT2D eigenvalue weighted by atomic mass is 16.3. The van der Waals surface area contributed by atoms with Crippen molar-refractivity contribution < 1.29 is 4.42 Å². The predicted molar refractivity (Wildman–Crippen MR) is 99.4 cm³/mol. The van der Waals surface area contributed by atoms with Crippen molar-refractivity contribution in [2.45, 2.75) is 89.3 Å². The standard InChI is InChI=1S/C21H34N2O/c1-2-3-14-19(20-15-13-18-24-20)23-21-16-11-9-7-5-4-6-8-10-12-17-22(21)23/h2,13,15,18-19,21H,1,3-12,14,16-17H2. The van der Waals surface area contributed by atoms with E-state index in [4.69, 9.17) is 4.42 Å². The molecule has 4 atom stereocenters. The number of hydrogen-bond donors (Lipinski definition) is 0. The van der Waals surface area contributed by atoms with Crippen LogP contribution in [-0.4, -0.2) is 22.7 Å². The van der Waals surface area contributed by atoms with E-state index in [9.17, 15) is 0 Å². The molecule has 0 N–H and O–H groups in total. The maximum absolute atomic E-state index is 5.77. The normalized spacial score (nSPS) is 30.2. The van der Waals surface area contributed by atoms with Crippen LogP contribution >= 0.6 is 0 Å². The topological polar surface area (TPSA) is 19.2 Å². The van der Waals surface area contributed by atoms with Crippen LogP contribution in [0.5, 0.6) is 0 Å².